The molecule has 2 heterocycles. The third-order valence-electron chi connectivity index (χ3n) is 5.88. The van der Waals surface area contributed by atoms with Crippen LogP contribution in [0.25, 0.3) is 16.3 Å². The minimum absolute atomic E-state index is 0.218. The Hall–Kier alpha value is -2.90. The van der Waals surface area contributed by atoms with Crippen molar-refractivity contribution in [1.29, 1.82) is 0 Å². The monoisotopic (exact) mass is 465 g/mol. The zero-order valence-electron chi connectivity index (χ0n) is 19.5. The van der Waals surface area contributed by atoms with E-state index in [1.807, 2.05) is 31.2 Å². The number of aromatic nitrogens is 1. The molecule has 2 aromatic carbocycles. The number of anilines is 1. The first-order valence-electron chi connectivity index (χ1n) is 11.5. The number of ether oxygens (including phenoxy) is 2. The van der Waals surface area contributed by atoms with E-state index in [4.69, 9.17) is 9.47 Å². The van der Waals surface area contributed by atoms with Gasteiger partial charge >= 0.3 is 0 Å². The third kappa shape index (κ3) is 6.12. The molecular formula is C26H31N3O3S. The van der Waals surface area contributed by atoms with Gasteiger partial charge in [-0.25, -0.2) is 4.98 Å². The zero-order chi connectivity index (χ0) is 23.2. The smallest absolute Gasteiger partial charge is 0.250 e. The highest BCUT2D eigenvalue weighted by Crippen LogP contribution is 2.29. The largest absolute Gasteiger partial charge is 0.493 e. The molecular weight excluding hydrogens is 434 g/mol. The number of likely N-dealkylation sites (tertiary alicyclic amines) is 1. The summed E-state index contributed by atoms with van der Waals surface area (Å²) < 4.78 is 12.0. The molecule has 1 aliphatic rings. The lowest BCUT2D eigenvalue weighted by molar-refractivity contribution is -0.111. The van der Waals surface area contributed by atoms with Crippen molar-refractivity contribution < 1.29 is 14.3 Å². The molecule has 0 bridgehead atoms. The quantitative estimate of drug-likeness (QED) is 0.440. The van der Waals surface area contributed by atoms with Gasteiger partial charge in [0.1, 0.15) is 0 Å². The number of hydrogen-bond donors (Lipinski definition) is 1. The number of nitrogens with one attached hydrogen (secondary N) is 1. The predicted octanol–water partition coefficient (Wildman–Crippen LogP) is 5.59. The fraction of sp³-hybridized carbons (Fsp3) is 0.385. The number of amides is 1. The number of fused-ring (bicyclic) bond motifs is 1. The summed E-state index contributed by atoms with van der Waals surface area (Å²) in [6, 6.07) is 12.0. The van der Waals surface area contributed by atoms with Crippen LogP contribution < -0.4 is 14.8 Å². The molecule has 6 nitrogen and oxygen atoms in total. The topological polar surface area (TPSA) is 63.7 Å². The Kier molecular flexibility index (Phi) is 7.62. The molecule has 1 N–H and O–H groups in total. The van der Waals surface area contributed by atoms with E-state index >= 15 is 0 Å². The van der Waals surface area contributed by atoms with E-state index in [-0.39, 0.29) is 5.91 Å². The fourth-order valence-electron chi connectivity index (χ4n) is 3.98. The van der Waals surface area contributed by atoms with E-state index in [9.17, 15) is 4.79 Å². The number of thiazole rings is 1. The van der Waals surface area contributed by atoms with E-state index in [0.29, 0.717) is 23.2 Å². The molecule has 1 saturated heterocycles. The molecule has 0 saturated carbocycles. The third-order valence-corrected chi connectivity index (χ3v) is 6.81. The summed E-state index contributed by atoms with van der Waals surface area (Å²) in [4.78, 5) is 19.5. The molecule has 0 atom stereocenters. The lowest BCUT2D eigenvalue weighted by atomic mass is 9.99. The SMILES string of the molecule is CCOc1ccc(/C=C/C(=O)Nc2nc3ccc(CN4CCC(C)CC4)cc3s2)cc1OC. The first kappa shape index (κ1) is 23.3. The van der Waals surface area contributed by atoms with Crippen molar-refractivity contribution in [2.24, 2.45) is 5.92 Å². The van der Waals surface area contributed by atoms with Gasteiger partial charge in [0.25, 0.3) is 0 Å². The van der Waals surface area contributed by atoms with Crippen LogP contribution in [0.2, 0.25) is 0 Å². The van der Waals surface area contributed by atoms with E-state index in [1.54, 1.807) is 13.2 Å². The molecule has 33 heavy (non-hydrogen) atoms. The van der Waals surface area contributed by atoms with E-state index in [1.165, 1.54) is 35.8 Å². The Morgan fingerprint density at radius 3 is 2.79 bits per heavy atom. The van der Waals surface area contributed by atoms with E-state index < -0.39 is 0 Å². The second-order valence-electron chi connectivity index (χ2n) is 8.45. The van der Waals surface area contributed by atoms with Crippen molar-refractivity contribution in [1.82, 2.24) is 9.88 Å². The molecule has 0 unspecified atom stereocenters. The lowest BCUT2D eigenvalue weighted by Crippen LogP contribution is -2.32. The number of rotatable bonds is 8. The normalized spacial score (nSPS) is 15.2. The number of piperidine rings is 1. The number of hydrogen-bond acceptors (Lipinski definition) is 6. The molecule has 4 rings (SSSR count). The van der Waals surface area contributed by atoms with Crippen molar-refractivity contribution in [3.05, 3.63) is 53.6 Å². The van der Waals surface area contributed by atoms with Gasteiger partial charge in [0.2, 0.25) is 5.91 Å². The van der Waals surface area contributed by atoms with Crippen molar-refractivity contribution in [3.8, 4) is 11.5 Å². The maximum Gasteiger partial charge on any atom is 0.250 e. The number of nitrogens with zero attached hydrogens (tertiary/aromatic N) is 2. The maximum absolute atomic E-state index is 12.4. The molecule has 0 aliphatic carbocycles. The highest BCUT2D eigenvalue weighted by atomic mass is 32.1. The molecule has 1 fully saturated rings. The number of methoxy groups -OCH3 is 1. The standard InChI is InChI=1S/C26H31N3O3S/c1-4-32-22-9-6-19(15-23(22)31-3)7-10-25(30)28-26-27-21-8-5-20(16-24(21)33-26)17-29-13-11-18(2)12-14-29/h5-10,15-16,18H,4,11-14,17H2,1-3H3,(H,27,28,30)/b10-7+. The average molecular weight is 466 g/mol. The number of benzene rings is 2. The minimum Gasteiger partial charge on any atom is -0.493 e. The van der Waals surface area contributed by atoms with Crippen molar-refractivity contribution in [3.63, 3.8) is 0 Å². The molecule has 7 heteroatoms. The Bertz CT molecular complexity index is 1130. The Labute approximate surface area is 199 Å². The fourth-order valence-corrected chi connectivity index (χ4v) is 4.91. The van der Waals surface area contributed by atoms with Crippen LogP contribution in [0.4, 0.5) is 5.13 Å². The zero-order valence-corrected chi connectivity index (χ0v) is 20.3. The Morgan fingerprint density at radius 2 is 2.03 bits per heavy atom. The number of carbonyl (C=O) groups excluding carboxylic acids is 1. The molecule has 1 aromatic heterocycles. The van der Waals surface area contributed by atoms with Crippen LogP contribution in [0, 0.1) is 5.92 Å². The van der Waals surface area contributed by atoms with Gasteiger partial charge in [-0.2, -0.15) is 0 Å². The molecule has 1 aliphatic heterocycles. The van der Waals surface area contributed by atoms with Gasteiger partial charge in [-0.3, -0.25) is 15.0 Å². The lowest BCUT2D eigenvalue weighted by Gasteiger charge is -2.30. The number of carbonyl (C=O) groups is 1. The van der Waals surface area contributed by atoms with Crippen LogP contribution in [0.1, 0.15) is 37.8 Å². The van der Waals surface area contributed by atoms with Crippen LogP contribution in [0.5, 0.6) is 11.5 Å². The summed E-state index contributed by atoms with van der Waals surface area (Å²) in [5.41, 5.74) is 3.06. The van der Waals surface area contributed by atoms with E-state index in [2.05, 4.69) is 34.3 Å². The van der Waals surface area contributed by atoms with Crippen molar-refractivity contribution >= 4 is 38.7 Å². The summed E-state index contributed by atoms with van der Waals surface area (Å²) in [6.45, 7) is 8.12. The molecule has 174 valence electrons. The second kappa shape index (κ2) is 10.8. The molecule has 0 spiro atoms. The van der Waals surface area contributed by atoms with Gasteiger partial charge in [0.05, 0.1) is 23.9 Å². The Balaban J connectivity index is 1.38. The molecule has 1 amide bonds. The highest BCUT2D eigenvalue weighted by molar-refractivity contribution is 7.22. The molecule has 0 radical (unpaired) electrons. The summed E-state index contributed by atoms with van der Waals surface area (Å²) in [6.07, 6.45) is 5.80. The average Bonchev–Trinajstić information content (AvgIpc) is 3.21. The van der Waals surface area contributed by atoms with Gasteiger partial charge in [0, 0.05) is 12.6 Å². The minimum atomic E-state index is -0.218. The summed E-state index contributed by atoms with van der Waals surface area (Å²) >= 11 is 1.51. The van der Waals surface area contributed by atoms with Gasteiger partial charge in [0.15, 0.2) is 16.6 Å². The van der Waals surface area contributed by atoms with Crippen LogP contribution in [0.3, 0.4) is 0 Å². The summed E-state index contributed by atoms with van der Waals surface area (Å²) in [5.74, 6) is 1.94. The van der Waals surface area contributed by atoms with Crippen molar-refractivity contribution in [2.45, 2.75) is 33.2 Å². The van der Waals surface area contributed by atoms with Crippen LogP contribution in [-0.2, 0) is 11.3 Å². The summed E-state index contributed by atoms with van der Waals surface area (Å²) in [7, 11) is 1.60. The van der Waals surface area contributed by atoms with Gasteiger partial charge < -0.3 is 9.47 Å². The first-order chi connectivity index (χ1) is 16.0. The van der Waals surface area contributed by atoms with Gasteiger partial charge in [-0.15, -0.1) is 0 Å². The molecule has 3 aromatic rings. The Morgan fingerprint density at radius 1 is 1.21 bits per heavy atom. The maximum atomic E-state index is 12.4. The first-order valence-corrected chi connectivity index (χ1v) is 12.3. The van der Waals surface area contributed by atoms with E-state index in [0.717, 1.165) is 41.3 Å². The predicted molar refractivity (Wildman–Crippen MR) is 135 cm³/mol. The van der Waals surface area contributed by atoms with Gasteiger partial charge in [-0.1, -0.05) is 30.4 Å². The van der Waals surface area contributed by atoms with Crippen LogP contribution >= 0.6 is 11.3 Å². The van der Waals surface area contributed by atoms with Gasteiger partial charge in [-0.05, 0) is 80.2 Å². The summed E-state index contributed by atoms with van der Waals surface area (Å²) in [5, 5.41) is 3.49. The van der Waals surface area contributed by atoms with Crippen molar-refractivity contribution in [2.75, 3.05) is 32.1 Å². The second-order valence-corrected chi connectivity index (χ2v) is 9.48. The van der Waals surface area contributed by atoms with Crippen LogP contribution in [-0.4, -0.2) is 42.6 Å². The highest BCUT2D eigenvalue weighted by Gasteiger charge is 2.16. The van der Waals surface area contributed by atoms with Crippen LogP contribution in [0.15, 0.2) is 42.5 Å².